The second-order valence-corrected chi connectivity index (χ2v) is 5.29. The second-order valence-electron chi connectivity index (χ2n) is 4.44. The van der Waals surface area contributed by atoms with Crippen LogP contribution in [0.1, 0.15) is 26.2 Å². The van der Waals surface area contributed by atoms with Gasteiger partial charge in [0.25, 0.3) is 0 Å². The summed E-state index contributed by atoms with van der Waals surface area (Å²) < 4.78 is 19.4. The molecule has 0 saturated heterocycles. The second kappa shape index (κ2) is 5.83. The molecule has 1 aliphatic carbocycles. The van der Waals surface area contributed by atoms with Crippen LogP contribution in [0.5, 0.6) is 5.75 Å². The van der Waals surface area contributed by atoms with E-state index in [0.717, 1.165) is 25.8 Å². The molecule has 0 amide bonds. The number of benzene rings is 1. The van der Waals surface area contributed by atoms with Crippen molar-refractivity contribution in [3.8, 4) is 5.75 Å². The molecule has 1 aromatic rings. The lowest BCUT2D eigenvalue weighted by atomic mass is 9.89. The van der Waals surface area contributed by atoms with E-state index in [4.69, 9.17) is 4.74 Å². The maximum Gasteiger partial charge on any atom is 0.141 e. The first-order valence-electron chi connectivity index (χ1n) is 6.04. The zero-order chi connectivity index (χ0) is 12.3. The first-order valence-corrected chi connectivity index (χ1v) is 6.83. The minimum Gasteiger partial charge on any atom is -0.490 e. The number of hydrogen-bond donors (Lipinski definition) is 1. The molecule has 1 saturated carbocycles. The van der Waals surface area contributed by atoms with E-state index in [9.17, 15) is 4.39 Å². The van der Waals surface area contributed by atoms with Crippen molar-refractivity contribution in [2.24, 2.45) is 0 Å². The van der Waals surface area contributed by atoms with Gasteiger partial charge in [0.2, 0.25) is 0 Å². The Labute approximate surface area is 110 Å². The zero-order valence-corrected chi connectivity index (χ0v) is 11.5. The van der Waals surface area contributed by atoms with Gasteiger partial charge >= 0.3 is 0 Å². The lowest BCUT2D eigenvalue weighted by Crippen LogP contribution is -2.46. The van der Waals surface area contributed by atoms with Crippen LogP contribution in [0.4, 0.5) is 4.39 Å². The van der Waals surface area contributed by atoms with Gasteiger partial charge in [-0.2, -0.15) is 0 Å². The maximum absolute atomic E-state index is 13.3. The maximum atomic E-state index is 13.3. The average Bonchev–Trinajstić information content (AvgIpc) is 2.26. The number of halogens is 2. The highest BCUT2D eigenvalue weighted by Crippen LogP contribution is 2.28. The van der Waals surface area contributed by atoms with E-state index >= 15 is 0 Å². The Kier molecular flexibility index (Phi) is 4.40. The molecule has 0 heterocycles. The van der Waals surface area contributed by atoms with Crippen LogP contribution < -0.4 is 10.1 Å². The first-order chi connectivity index (χ1) is 8.19. The van der Waals surface area contributed by atoms with Gasteiger partial charge in [0.05, 0.1) is 4.47 Å². The van der Waals surface area contributed by atoms with Gasteiger partial charge in [0, 0.05) is 12.1 Å². The molecular weight excluding hydrogens is 285 g/mol. The molecule has 1 aliphatic rings. The molecule has 0 aromatic heterocycles. The highest BCUT2D eigenvalue weighted by Gasteiger charge is 2.30. The fraction of sp³-hybridized carbons (Fsp3) is 0.538. The van der Waals surface area contributed by atoms with E-state index in [1.807, 2.05) is 0 Å². The smallest absolute Gasteiger partial charge is 0.141 e. The molecule has 4 heteroatoms. The predicted octanol–water partition coefficient (Wildman–Crippen LogP) is 3.50. The van der Waals surface area contributed by atoms with Crippen molar-refractivity contribution in [1.82, 2.24) is 5.32 Å². The molecule has 1 fully saturated rings. The van der Waals surface area contributed by atoms with Crippen LogP contribution in [0.3, 0.4) is 0 Å². The summed E-state index contributed by atoms with van der Waals surface area (Å²) in [6.07, 6.45) is 3.40. The topological polar surface area (TPSA) is 21.3 Å². The molecule has 2 rings (SSSR count). The SMILES string of the molecule is CCCNC1CC(Oc2ccc(Br)c(F)c2)C1. The summed E-state index contributed by atoms with van der Waals surface area (Å²) in [6.45, 7) is 3.22. The fourth-order valence-corrected chi connectivity index (χ4v) is 2.17. The lowest BCUT2D eigenvalue weighted by molar-refractivity contribution is 0.0849. The summed E-state index contributed by atoms with van der Waals surface area (Å²) in [6, 6.07) is 5.47. The van der Waals surface area contributed by atoms with Crippen molar-refractivity contribution in [1.29, 1.82) is 0 Å². The van der Waals surface area contributed by atoms with Crippen LogP contribution in [0, 0.1) is 5.82 Å². The summed E-state index contributed by atoms with van der Waals surface area (Å²) in [5.41, 5.74) is 0. The van der Waals surface area contributed by atoms with Crippen LogP contribution >= 0.6 is 15.9 Å². The third-order valence-electron chi connectivity index (χ3n) is 2.97. The van der Waals surface area contributed by atoms with E-state index in [-0.39, 0.29) is 11.9 Å². The van der Waals surface area contributed by atoms with Gasteiger partial charge in [0.15, 0.2) is 0 Å². The van der Waals surface area contributed by atoms with Crippen molar-refractivity contribution >= 4 is 15.9 Å². The van der Waals surface area contributed by atoms with E-state index in [1.54, 1.807) is 12.1 Å². The van der Waals surface area contributed by atoms with Crippen molar-refractivity contribution in [2.45, 2.75) is 38.3 Å². The van der Waals surface area contributed by atoms with Gasteiger partial charge in [-0.25, -0.2) is 4.39 Å². The molecule has 0 radical (unpaired) electrons. The zero-order valence-electron chi connectivity index (χ0n) is 9.88. The van der Waals surface area contributed by atoms with Crippen molar-refractivity contribution in [3.05, 3.63) is 28.5 Å². The Hall–Kier alpha value is -0.610. The van der Waals surface area contributed by atoms with E-state index in [0.29, 0.717) is 16.3 Å². The molecule has 94 valence electrons. The summed E-state index contributed by atoms with van der Waals surface area (Å²) in [5, 5.41) is 3.44. The lowest BCUT2D eigenvalue weighted by Gasteiger charge is -2.36. The van der Waals surface area contributed by atoms with Gasteiger partial charge in [0.1, 0.15) is 17.7 Å². The third-order valence-corrected chi connectivity index (χ3v) is 3.61. The Balaban J connectivity index is 1.77. The van der Waals surface area contributed by atoms with Crippen LogP contribution in [0.15, 0.2) is 22.7 Å². The van der Waals surface area contributed by atoms with Gasteiger partial charge < -0.3 is 10.1 Å². The molecule has 0 unspecified atom stereocenters. The van der Waals surface area contributed by atoms with Crippen LogP contribution in [-0.4, -0.2) is 18.7 Å². The summed E-state index contributed by atoms with van der Waals surface area (Å²) in [4.78, 5) is 0. The normalized spacial score (nSPS) is 23.2. The Morgan fingerprint density at radius 3 is 2.88 bits per heavy atom. The van der Waals surface area contributed by atoms with E-state index < -0.39 is 0 Å². The average molecular weight is 302 g/mol. The predicted molar refractivity (Wildman–Crippen MR) is 69.8 cm³/mol. The first kappa shape index (κ1) is 12.8. The Morgan fingerprint density at radius 1 is 1.47 bits per heavy atom. The molecule has 0 bridgehead atoms. The van der Waals surface area contributed by atoms with Crippen molar-refractivity contribution in [2.75, 3.05) is 6.54 Å². The molecule has 2 nitrogen and oxygen atoms in total. The van der Waals surface area contributed by atoms with Crippen molar-refractivity contribution < 1.29 is 9.13 Å². The minimum atomic E-state index is -0.275. The monoisotopic (exact) mass is 301 g/mol. The molecule has 0 atom stereocenters. The minimum absolute atomic E-state index is 0.227. The summed E-state index contributed by atoms with van der Waals surface area (Å²) in [7, 11) is 0. The van der Waals surface area contributed by atoms with Gasteiger partial charge in [-0.05, 0) is 53.9 Å². The van der Waals surface area contributed by atoms with Gasteiger partial charge in [-0.1, -0.05) is 6.92 Å². The molecule has 0 spiro atoms. The van der Waals surface area contributed by atoms with Gasteiger partial charge in [-0.15, -0.1) is 0 Å². The third kappa shape index (κ3) is 3.42. The Bertz CT molecular complexity index is 380. The number of rotatable bonds is 5. The number of hydrogen-bond acceptors (Lipinski definition) is 2. The van der Waals surface area contributed by atoms with Crippen LogP contribution in [0.2, 0.25) is 0 Å². The molecule has 17 heavy (non-hydrogen) atoms. The summed E-state index contributed by atoms with van der Waals surface area (Å²) >= 11 is 3.12. The highest BCUT2D eigenvalue weighted by atomic mass is 79.9. The largest absolute Gasteiger partial charge is 0.490 e. The molecule has 1 aromatic carbocycles. The number of ether oxygens (including phenoxy) is 1. The number of nitrogens with one attached hydrogen (secondary N) is 1. The molecule has 0 aliphatic heterocycles. The van der Waals surface area contributed by atoms with Crippen LogP contribution in [0.25, 0.3) is 0 Å². The van der Waals surface area contributed by atoms with E-state index in [2.05, 4.69) is 28.2 Å². The molecular formula is C13H17BrFNO. The highest BCUT2D eigenvalue weighted by molar-refractivity contribution is 9.10. The van der Waals surface area contributed by atoms with Gasteiger partial charge in [-0.3, -0.25) is 0 Å². The van der Waals surface area contributed by atoms with Crippen molar-refractivity contribution in [3.63, 3.8) is 0 Å². The van der Waals surface area contributed by atoms with E-state index in [1.165, 1.54) is 6.07 Å². The summed E-state index contributed by atoms with van der Waals surface area (Å²) in [5.74, 6) is 0.340. The molecule has 1 N–H and O–H groups in total. The quantitative estimate of drug-likeness (QED) is 0.899. The van der Waals surface area contributed by atoms with Crippen LogP contribution in [-0.2, 0) is 0 Å². The Morgan fingerprint density at radius 2 is 2.24 bits per heavy atom. The standard InChI is InChI=1S/C13H17BrFNO/c1-2-5-16-9-6-11(7-9)17-10-3-4-12(14)13(15)8-10/h3-4,8-9,11,16H,2,5-7H2,1H3. The fourth-order valence-electron chi connectivity index (χ4n) is 1.92.